The molecule has 0 bridgehead atoms. The average molecular weight is 315 g/mol. The summed E-state index contributed by atoms with van der Waals surface area (Å²) in [6.45, 7) is 2.08. The van der Waals surface area contributed by atoms with Crippen molar-refractivity contribution in [1.29, 1.82) is 0 Å². The molecule has 2 aromatic heterocycles. The number of rotatable bonds is 3. The van der Waals surface area contributed by atoms with E-state index in [0.29, 0.717) is 18.9 Å². The summed E-state index contributed by atoms with van der Waals surface area (Å²) in [5.41, 5.74) is -0.794. The maximum absolute atomic E-state index is 12.6. The number of imidazole rings is 1. The third-order valence-corrected chi connectivity index (χ3v) is 3.87. The highest BCUT2D eigenvalue weighted by atomic mass is 19.4. The smallest absolute Gasteiger partial charge is 0.338 e. The zero-order valence-corrected chi connectivity index (χ0v) is 12.0. The first-order valence-corrected chi connectivity index (χ1v) is 6.99. The molecule has 0 amide bonds. The van der Waals surface area contributed by atoms with Crippen molar-refractivity contribution in [2.24, 2.45) is 7.05 Å². The second-order valence-electron chi connectivity index (χ2n) is 5.47. The van der Waals surface area contributed by atoms with Crippen LogP contribution in [0.5, 0.6) is 0 Å². The van der Waals surface area contributed by atoms with E-state index in [9.17, 15) is 13.2 Å². The predicted molar refractivity (Wildman–Crippen MR) is 69.6 cm³/mol. The Labute approximate surface area is 124 Å². The van der Waals surface area contributed by atoms with Gasteiger partial charge in [-0.1, -0.05) is 0 Å². The van der Waals surface area contributed by atoms with Crippen LogP contribution in [0, 0.1) is 0 Å². The standard InChI is InChI=1S/C12H16F3N7/c1-21-10(18-19-20-21)7-22-4-2-3-8(6-22)11-16-5-9(17-11)12(13,14)15/h5,8H,2-4,6-7H2,1H3,(H,16,17)/t8-/m0/s1. The van der Waals surface area contributed by atoms with E-state index in [0.717, 1.165) is 31.4 Å². The third-order valence-electron chi connectivity index (χ3n) is 3.87. The lowest BCUT2D eigenvalue weighted by molar-refractivity contribution is -0.141. The van der Waals surface area contributed by atoms with Gasteiger partial charge in [-0.15, -0.1) is 5.10 Å². The number of H-pyrrole nitrogens is 1. The van der Waals surface area contributed by atoms with Crippen LogP contribution in [0.1, 0.15) is 36.1 Å². The van der Waals surface area contributed by atoms with E-state index >= 15 is 0 Å². The van der Waals surface area contributed by atoms with E-state index in [1.165, 1.54) is 0 Å². The fourth-order valence-electron chi connectivity index (χ4n) is 2.69. The highest BCUT2D eigenvalue weighted by Crippen LogP contribution is 2.31. The van der Waals surface area contributed by atoms with Gasteiger partial charge in [-0.2, -0.15) is 13.2 Å². The number of hydrogen-bond acceptors (Lipinski definition) is 5. The SMILES string of the molecule is Cn1nnnc1CN1CCC[C@H](c2ncc(C(F)(F)F)[nH]2)C1. The summed E-state index contributed by atoms with van der Waals surface area (Å²) >= 11 is 0. The van der Waals surface area contributed by atoms with E-state index in [-0.39, 0.29) is 5.92 Å². The average Bonchev–Trinajstić information content (AvgIpc) is 3.09. The van der Waals surface area contributed by atoms with Crippen molar-refractivity contribution in [3.05, 3.63) is 23.5 Å². The number of piperidine rings is 1. The Hall–Kier alpha value is -1.97. The fourth-order valence-corrected chi connectivity index (χ4v) is 2.69. The van der Waals surface area contributed by atoms with Crippen molar-refractivity contribution in [2.45, 2.75) is 31.5 Å². The molecule has 22 heavy (non-hydrogen) atoms. The second-order valence-corrected chi connectivity index (χ2v) is 5.47. The normalized spacial score (nSPS) is 20.5. The summed E-state index contributed by atoms with van der Waals surface area (Å²) in [7, 11) is 1.76. The molecule has 0 aromatic carbocycles. The summed E-state index contributed by atoms with van der Waals surface area (Å²) in [5, 5.41) is 11.3. The Morgan fingerprint density at radius 1 is 1.41 bits per heavy atom. The third kappa shape index (κ3) is 3.11. The molecule has 7 nitrogen and oxygen atoms in total. The highest BCUT2D eigenvalue weighted by molar-refractivity contribution is 5.09. The summed E-state index contributed by atoms with van der Waals surface area (Å²) in [6, 6.07) is 0. The number of alkyl halides is 3. The van der Waals surface area contributed by atoms with Crippen LogP contribution in [-0.4, -0.2) is 48.2 Å². The molecule has 10 heteroatoms. The summed E-state index contributed by atoms with van der Waals surface area (Å²) in [4.78, 5) is 8.45. The zero-order chi connectivity index (χ0) is 15.7. The van der Waals surface area contributed by atoms with Crippen LogP contribution in [0.3, 0.4) is 0 Å². The molecule has 120 valence electrons. The molecule has 1 N–H and O–H groups in total. The largest absolute Gasteiger partial charge is 0.432 e. The highest BCUT2D eigenvalue weighted by Gasteiger charge is 2.34. The van der Waals surface area contributed by atoms with Crippen molar-refractivity contribution < 1.29 is 13.2 Å². The first-order chi connectivity index (χ1) is 10.4. The molecule has 0 aliphatic carbocycles. The van der Waals surface area contributed by atoms with Gasteiger partial charge in [0, 0.05) is 19.5 Å². The lowest BCUT2D eigenvalue weighted by Gasteiger charge is -2.31. The number of nitrogens with zero attached hydrogens (tertiary/aromatic N) is 6. The first-order valence-electron chi connectivity index (χ1n) is 6.99. The Morgan fingerprint density at radius 2 is 2.23 bits per heavy atom. The lowest BCUT2D eigenvalue weighted by Crippen LogP contribution is -2.35. The van der Waals surface area contributed by atoms with Gasteiger partial charge < -0.3 is 4.98 Å². The predicted octanol–water partition coefficient (Wildman–Crippen LogP) is 1.33. The topological polar surface area (TPSA) is 75.5 Å². The molecule has 2 aromatic rings. The van der Waals surface area contributed by atoms with Crippen molar-refractivity contribution in [3.63, 3.8) is 0 Å². The number of tetrazole rings is 1. The molecule has 1 saturated heterocycles. The molecule has 0 radical (unpaired) electrons. The Bertz CT molecular complexity index is 633. The van der Waals surface area contributed by atoms with Crippen LogP contribution in [0.15, 0.2) is 6.20 Å². The number of aromatic nitrogens is 6. The first kappa shape index (κ1) is 14.9. The Balaban J connectivity index is 1.68. The molecule has 1 aliphatic rings. The zero-order valence-electron chi connectivity index (χ0n) is 12.0. The molecule has 3 rings (SSSR count). The van der Waals surface area contributed by atoms with Gasteiger partial charge in [-0.25, -0.2) is 9.67 Å². The molecule has 0 spiro atoms. The Kier molecular flexibility index (Phi) is 3.85. The number of aromatic amines is 1. The van der Waals surface area contributed by atoms with Gasteiger partial charge in [0.15, 0.2) is 5.82 Å². The van der Waals surface area contributed by atoms with Gasteiger partial charge in [0.05, 0.1) is 12.7 Å². The van der Waals surface area contributed by atoms with Crippen LogP contribution in [0.2, 0.25) is 0 Å². The van der Waals surface area contributed by atoms with Crippen molar-refractivity contribution >= 4 is 0 Å². The molecule has 0 saturated carbocycles. The molecular formula is C12H16F3N7. The minimum absolute atomic E-state index is 0.0361. The summed E-state index contributed by atoms with van der Waals surface area (Å²) < 4.78 is 39.5. The summed E-state index contributed by atoms with van der Waals surface area (Å²) in [6.07, 6.45) is -1.80. The van der Waals surface area contributed by atoms with Crippen molar-refractivity contribution in [1.82, 2.24) is 35.1 Å². The van der Waals surface area contributed by atoms with Gasteiger partial charge in [0.2, 0.25) is 0 Å². The van der Waals surface area contributed by atoms with Crippen LogP contribution in [0.4, 0.5) is 13.2 Å². The quantitative estimate of drug-likeness (QED) is 0.925. The van der Waals surface area contributed by atoms with Gasteiger partial charge in [0.25, 0.3) is 0 Å². The van der Waals surface area contributed by atoms with Crippen molar-refractivity contribution in [2.75, 3.05) is 13.1 Å². The minimum atomic E-state index is -4.39. The molecular weight excluding hydrogens is 299 g/mol. The number of hydrogen-bond donors (Lipinski definition) is 1. The molecule has 3 heterocycles. The van der Waals surface area contributed by atoms with Crippen LogP contribution in [0.25, 0.3) is 0 Å². The van der Waals surface area contributed by atoms with Crippen LogP contribution in [-0.2, 0) is 19.8 Å². The van der Waals surface area contributed by atoms with Crippen LogP contribution < -0.4 is 0 Å². The maximum atomic E-state index is 12.6. The van der Waals surface area contributed by atoms with Gasteiger partial charge >= 0.3 is 6.18 Å². The monoisotopic (exact) mass is 315 g/mol. The molecule has 1 atom stereocenters. The van der Waals surface area contributed by atoms with Crippen LogP contribution >= 0.6 is 0 Å². The van der Waals surface area contributed by atoms with Gasteiger partial charge in [-0.3, -0.25) is 4.90 Å². The number of nitrogens with one attached hydrogen (secondary N) is 1. The fraction of sp³-hybridized carbons (Fsp3) is 0.667. The van der Waals surface area contributed by atoms with Crippen molar-refractivity contribution in [3.8, 4) is 0 Å². The molecule has 1 aliphatic heterocycles. The lowest BCUT2D eigenvalue weighted by atomic mass is 9.97. The summed E-state index contributed by atoms with van der Waals surface area (Å²) in [5.74, 6) is 1.09. The Morgan fingerprint density at radius 3 is 2.86 bits per heavy atom. The van der Waals surface area contributed by atoms with E-state index in [1.54, 1.807) is 11.7 Å². The second kappa shape index (κ2) is 5.67. The minimum Gasteiger partial charge on any atom is -0.338 e. The maximum Gasteiger partial charge on any atom is 0.432 e. The van der Waals surface area contributed by atoms with E-state index in [1.807, 2.05) is 0 Å². The molecule has 0 unspecified atom stereocenters. The van der Waals surface area contributed by atoms with Gasteiger partial charge in [0.1, 0.15) is 11.5 Å². The number of aryl methyl sites for hydroxylation is 1. The molecule has 1 fully saturated rings. The van der Waals surface area contributed by atoms with E-state index < -0.39 is 11.9 Å². The number of halogens is 3. The van der Waals surface area contributed by atoms with E-state index in [4.69, 9.17) is 0 Å². The van der Waals surface area contributed by atoms with Gasteiger partial charge in [-0.05, 0) is 29.8 Å². The van der Waals surface area contributed by atoms with E-state index in [2.05, 4.69) is 30.4 Å². The number of likely N-dealkylation sites (tertiary alicyclic amines) is 1.